The lowest BCUT2D eigenvalue weighted by Gasteiger charge is -2.24. The van der Waals surface area contributed by atoms with Crippen molar-refractivity contribution in [2.24, 2.45) is 11.8 Å². The number of nitrogens with one attached hydrogen (secondary N) is 1. The molecule has 0 spiro atoms. The first-order chi connectivity index (χ1) is 8.41. The average Bonchev–Trinajstić information content (AvgIpc) is 2.26. The molecule has 0 bridgehead atoms. The highest BCUT2D eigenvalue weighted by Gasteiger charge is 2.20. The Morgan fingerprint density at radius 3 is 2.39 bits per heavy atom. The zero-order valence-electron chi connectivity index (χ0n) is 12.0. The number of aromatic nitrogens is 1. The lowest BCUT2D eigenvalue weighted by molar-refractivity contribution is -0.119. The molecule has 0 aliphatic heterocycles. The Morgan fingerprint density at radius 1 is 1.28 bits per heavy atom. The topological polar surface area (TPSA) is 42.0 Å². The molecule has 1 rings (SSSR count). The summed E-state index contributed by atoms with van der Waals surface area (Å²) in [5, 5.41) is 2.78. The molecule has 102 valence electrons. The van der Waals surface area contributed by atoms with Gasteiger partial charge in [-0.2, -0.15) is 0 Å². The summed E-state index contributed by atoms with van der Waals surface area (Å²) in [5.41, 5.74) is 2.05. The van der Waals surface area contributed by atoms with Gasteiger partial charge in [-0.05, 0) is 24.0 Å². The van der Waals surface area contributed by atoms with Crippen LogP contribution in [0.1, 0.15) is 53.4 Å². The van der Waals surface area contributed by atoms with E-state index in [1.165, 1.54) is 6.92 Å². The summed E-state index contributed by atoms with van der Waals surface area (Å²) in [6.45, 7) is 10.9. The van der Waals surface area contributed by atoms with Gasteiger partial charge in [0.2, 0.25) is 5.91 Å². The third-order valence-electron chi connectivity index (χ3n) is 3.12. The zero-order valence-corrected chi connectivity index (χ0v) is 12.0. The molecule has 0 saturated heterocycles. The van der Waals surface area contributed by atoms with E-state index in [4.69, 9.17) is 0 Å². The fourth-order valence-electron chi connectivity index (χ4n) is 2.45. The minimum Gasteiger partial charge on any atom is -0.351 e. The minimum atomic E-state index is -0.0218. The summed E-state index contributed by atoms with van der Waals surface area (Å²) >= 11 is 0. The number of amides is 1. The number of carbonyl (C=O) groups is 1. The molecule has 1 aromatic heterocycles. The molecule has 1 aromatic rings. The highest BCUT2D eigenvalue weighted by atomic mass is 16.1. The van der Waals surface area contributed by atoms with Crippen molar-refractivity contribution >= 4 is 5.91 Å². The fourth-order valence-corrected chi connectivity index (χ4v) is 2.45. The van der Waals surface area contributed by atoms with Crippen LogP contribution in [0.25, 0.3) is 0 Å². The summed E-state index contributed by atoms with van der Waals surface area (Å²) in [6.07, 6.45) is 0. The number of hydrogen-bond acceptors (Lipinski definition) is 2. The van der Waals surface area contributed by atoms with Gasteiger partial charge in [-0.1, -0.05) is 33.8 Å². The second kappa shape index (κ2) is 6.53. The van der Waals surface area contributed by atoms with Crippen LogP contribution < -0.4 is 5.32 Å². The standard InChI is InChI=1S/C15H24N2O.H2/c1-10(2)15(11(3)4)14-8-6-7-13(17-14)9-16-12(5)18;/h6-8,10-11,15H,9H2,1-5H3,(H,16,18);1H. The monoisotopic (exact) mass is 250 g/mol. The maximum atomic E-state index is 10.9. The van der Waals surface area contributed by atoms with Gasteiger partial charge in [0.25, 0.3) is 0 Å². The molecule has 0 unspecified atom stereocenters. The van der Waals surface area contributed by atoms with Crippen LogP contribution in [0.3, 0.4) is 0 Å². The number of carbonyl (C=O) groups excluding carboxylic acids is 1. The second-order valence-corrected chi connectivity index (χ2v) is 5.48. The van der Waals surface area contributed by atoms with E-state index >= 15 is 0 Å². The maximum absolute atomic E-state index is 10.9. The largest absolute Gasteiger partial charge is 0.351 e. The van der Waals surface area contributed by atoms with Crippen molar-refractivity contribution in [3.8, 4) is 0 Å². The molecule has 1 heterocycles. The van der Waals surface area contributed by atoms with Gasteiger partial charge in [-0.3, -0.25) is 9.78 Å². The molecule has 0 aliphatic rings. The van der Waals surface area contributed by atoms with Crippen LogP contribution in [-0.4, -0.2) is 10.9 Å². The van der Waals surface area contributed by atoms with Gasteiger partial charge in [0.1, 0.15) is 0 Å². The van der Waals surface area contributed by atoms with Crippen molar-refractivity contribution in [2.75, 3.05) is 0 Å². The summed E-state index contributed by atoms with van der Waals surface area (Å²) in [7, 11) is 0. The van der Waals surface area contributed by atoms with Gasteiger partial charge in [-0.15, -0.1) is 0 Å². The predicted octanol–water partition coefficient (Wildman–Crippen LogP) is 3.36. The Labute approximate surface area is 111 Å². The Hall–Kier alpha value is -1.38. The molecule has 1 N–H and O–H groups in total. The van der Waals surface area contributed by atoms with Gasteiger partial charge in [0.05, 0.1) is 12.2 Å². The Bertz CT molecular complexity index is 397. The molecule has 18 heavy (non-hydrogen) atoms. The van der Waals surface area contributed by atoms with Crippen molar-refractivity contribution in [1.29, 1.82) is 0 Å². The van der Waals surface area contributed by atoms with E-state index < -0.39 is 0 Å². The molecule has 0 fully saturated rings. The summed E-state index contributed by atoms with van der Waals surface area (Å²) in [5.74, 6) is 1.57. The van der Waals surface area contributed by atoms with Crippen molar-refractivity contribution < 1.29 is 6.22 Å². The molecule has 0 aliphatic carbocycles. The first-order valence-electron chi connectivity index (χ1n) is 6.62. The molecular weight excluding hydrogens is 224 g/mol. The summed E-state index contributed by atoms with van der Waals surface area (Å²) < 4.78 is 0. The van der Waals surface area contributed by atoms with Crippen molar-refractivity contribution in [3.63, 3.8) is 0 Å². The molecule has 0 saturated carbocycles. The van der Waals surface area contributed by atoms with Crippen LogP contribution >= 0.6 is 0 Å². The van der Waals surface area contributed by atoms with E-state index in [9.17, 15) is 4.79 Å². The van der Waals surface area contributed by atoms with Crippen molar-refractivity contribution in [3.05, 3.63) is 29.6 Å². The fraction of sp³-hybridized carbons (Fsp3) is 0.600. The molecule has 3 nitrogen and oxygen atoms in total. The number of rotatable bonds is 5. The van der Waals surface area contributed by atoms with Crippen LogP contribution in [0.2, 0.25) is 0 Å². The smallest absolute Gasteiger partial charge is 0.217 e. The maximum Gasteiger partial charge on any atom is 0.217 e. The normalized spacial score (nSPS) is 11.3. The Kier molecular flexibility index (Phi) is 5.32. The van der Waals surface area contributed by atoms with Gasteiger partial charge < -0.3 is 5.32 Å². The summed E-state index contributed by atoms with van der Waals surface area (Å²) in [4.78, 5) is 15.6. The minimum absolute atomic E-state index is 0. The quantitative estimate of drug-likeness (QED) is 0.870. The Morgan fingerprint density at radius 2 is 1.89 bits per heavy atom. The molecule has 3 heteroatoms. The number of pyridine rings is 1. The Balaban J connectivity index is 0.00000324. The third-order valence-corrected chi connectivity index (χ3v) is 3.12. The van der Waals surface area contributed by atoms with E-state index in [1.807, 2.05) is 12.1 Å². The van der Waals surface area contributed by atoms with Gasteiger partial charge >= 0.3 is 0 Å². The van der Waals surface area contributed by atoms with Crippen LogP contribution in [0, 0.1) is 11.8 Å². The van der Waals surface area contributed by atoms with E-state index in [-0.39, 0.29) is 7.33 Å². The van der Waals surface area contributed by atoms with Gasteiger partial charge in [-0.25, -0.2) is 0 Å². The number of hydrogen-bond donors (Lipinski definition) is 1. The summed E-state index contributed by atoms with van der Waals surface area (Å²) in [6, 6.07) is 6.07. The first-order valence-corrected chi connectivity index (χ1v) is 6.62. The highest BCUT2D eigenvalue weighted by Crippen LogP contribution is 2.30. The van der Waals surface area contributed by atoms with Crippen LogP contribution in [-0.2, 0) is 11.3 Å². The predicted molar refractivity (Wildman–Crippen MR) is 76.3 cm³/mol. The SMILES string of the molecule is CC(=O)NCc1cccc(C(C(C)C)C(C)C)n1.[HH]. The van der Waals surface area contributed by atoms with Crippen molar-refractivity contribution in [2.45, 2.75) is 47.1 Å². The lowest BCUT2D eigenvalue weighted by Crippen LogP contribution is -2.21. The third kappa shape index (κ3) is 4.13. The molecule has 0 atom stereocenters. The van der Waals surface area contributed by atoms with Crippen molar-refractivity contribution in [1.82, 2.24) is 10.3 Å². The van der Waals surface area contributed by atoms with E-state index in [0.29, 0.717) is 24.3 Å². The van der Waals surface area contributed by atoms with Gasteiger partial charge in [0, 0.05) is 20.0 Å². The second-order valence-electron chi connectivity index (χ2n) is 5.48. The van der Waals surface area contributed by atoms with E-state index in [2.05, 4.69) is 44.1 Å². The lowest BCUT2D eigenvalue weighted by atomic mass is 9.82. The highest BCUT2D eigenvalue weighted by molar-refractivity contribution is 5.72. The molecule has 1 amide bonds. The molecular formula is C15H26N2O. The van der Waals surface area contributed by atoms with E-state index in [1.54, 1.807) is 0 Å². The first kappa shape index (κ1) is 14.7. The molecule has 0 radical (unpaired) electrons. The molecule has 0 aromatic carbocycles. The van der Waals surface area contributed by atoms with Crippen LogP contribution in [0.5, 0.6) is 0 Å². The number of nitrogens with zero attached hydrogens (tertiary/aromatic N) is 1. The van der Waals surface area contributed by atoms with Crippen LogP contribution in [0.15, 0.2) is 18.2 Å². The van der Waals surface area contributed by atoms with E-state index in [0.717, 1.165) is 11.4 Å². The van der Waals surface area contributed by atoms with Crippen LogP contribution in [0.4, 0.5) is 0 Å². The van der Waals surface area contributed by atoms with Gasteiger partial charge in [0.15, 0.2) is 0 Å². The zero-order chi connectivity index (χ0) is 13.7. The average molecular weight is 250 g/mol.